The number of carbonyl (C=O) groups is 2. The number of carbonyl (C=O) groups excluding carboxylic acids is 2. The second-order valence-corrected chi connectivity index (χ2v) is 6.99. The van der Waals surface area contributed by atoms with Crippen molar-refractivity contribution in [3.05, 3.63) is 48.6 Å². The first kappa shape index (κ1) is 21.0. The monoisotopic (exact) mass is 367 g/mol. The highest BCUT2D eigenvalue weighted by Crippen LogP contribution is 2.14. The summed E-state index contributed by atoms with van der Waals surface area (Å²) >= 11 is 5.87. The van der Waals surface area contributed by atoms with Crippen LogP contribution < -0.4 is 5.32 Å². The number of amides is 1. The van der Waals surface area contributed by atoms with Gasteiger partial charge in [0.1, 0.15) is 18.2 Å². The van der Waals surface area contributed by atoms with E-state index in [1.54, 1.807) is 26.8 Å². The molecule has 0 fully saturated rings. The van der Waals surface area contributed by atoms with Crippen LogP contribution in [0.4, 0.5) is 4.79 Å². The van der Waals surface area contributed by atoms with Crippen LogP contribution in [0.2, 0.25) is 0 Å². The Kier molecular flexibility index (Phi) is 8.49. The van der Waals surface area contributed by atoms with Crippen LogP contribution in [0.5, 0.6) is 0 Å². The second kappa shape index (κ2) is 10.1. The lowest BCUT2D eigenvalue weighted by Gasteiger charge is -2.24. The van der Waals surface area contributed by atoms with Gasteiger partial charge in [-0.05, 0) is 38.7 Å². The number of nitrogens with one attached hydrogen (secondary N) is 1. The number of allylic oxidation sites excluding steroid dienone is 1. The van der Waals surface area contributed by atoms with E-state index >= 15 is 0 Å². The molecule has 0 spiro atoms. The van der Waals surface area contributed by atoms with Crippen LogP contribution in [-0.2, 0) is 20.9 Å². The molecule has 0 radical (unpaired) electrons. The Morgan fingerprint density at radius 2 is 1.92 bits per heavy atom. The molecule has 0 aliphatic heterocycles. The number of benzene rings is 1. The number of alkyl halides is 1. The van der Waals surface area contributed by atoms with Gasteiger partial charge in [-0.3, -0.25) is 0 Å². The largest absolute Gasteiger partial charge is 0.459 e. The van der Waals surface area contributed by atoms with Gasteiger partial charge in [0.15, 0.2) is 0 Å². The number of hydrogen-bond donors (Lipinski definition) is 1. The maximum Gasteiger partial charge on any atom is 0.408 e. The minimum absolute atomic E-state index is 0.131. The van der Waals surface area contributed by atoms with Crippen molar-refractivity contribution in [2.45, 2.75) is 45.4 Å². The zero-order valence-corrected chi connectivity index (χ0v) is 15.7. The Hall–Kier alpha value is -2.01. The van der Waals surface area contributed by atoms with Crippen LogP contribution in [0.3, 0.4) is 0 Å². The molecule has 0 bridgehead atoms. The van der Waals surface area contributed by atoms with Gasteiger partial charge in [0, 0.05) is 5.88 Å². The molecule has 1 rings (SSSR count). The standard InChI is InChI=1S/C19H26ClNO4/c1-5-14(12-20)11-16(21-18(23)25-19(2,3)4)17(22)24-13-15-9-7-6-8-10-15/h5-10,14,16H,1,11-13H2,2-4H3,(H,21,23)/t14-,16-/m0/s1. The highest BCUT2D eigenvalue weighted by Gasteiger charge is 2.27. The minimum Gasteiger partial charge on any atom is -0.459 e. The lowest BCUT2D eigenvalue weighted by Crippen LogP contribution is -2.45. The lowest BCUT2D eigenvalue weighted by atomic mass is 10.0. The molecule has 0 saturated carbocycles. The fourth-order valence-corrected chi connectivity index (χ4v) is 2.27. The fourth-order valence-electron chi connectivity index (χ4n) is 2.02. The van der Waals surface area contributed by atoms with Gasteiger partial charge in [-0.15, -0.1) is 18.2 Å². The maximum atomic E-state index is 12.4. The number of halogens is 1. The molecule has 1 amide bonds. The predicted molar refractivity (Wildman–Crippen MR) is 98.4 cm³/mol. The normalized spacial score (nSPS) is 13.4. The summed E-state index contributed by atoms with van der Waals surface area (Å²) in [7, 11) is 0. The molecule has 0 aliphatic carbocycles. The van der Waals surface area contributed by atoms with Crippen molar-refractivity contribution < 1.29 is 19.1 Å². The quantitative estimate of drug-likeness (QED) is 0.427. The Labute approximate surface area is 154 Å². The molecule has 0 aromatic heterocycles. The van der Waals surface area contributed by atoms with E-state index < -0.39 is 23.7 Å². The molecule has 2 atom stereocenters. The zero-order chi connectivity index (χ0) is 18.9. The lowest BCUT2D eigenvalue weighted by molar-refractivity contribution is -0.147. The van der Waals surface area contributed by atoms with E-state index in [2.05, 4.69) is 11.9 Å². The first-order valence-corrected chi connectivity index (χ1v) is 8.67. The molecule has 5 nitrogen and oxygen atoms in total. The van der Waals surface area contributed by atoms with Gasteiger partial charge >= 0.3 is 12.1 Å². The SMILES string of the molecule is C=C[C@H](CCl)C[C@H](NC(=O)OC(C)(C)C)C(=O)OCc1ccccc1. The summed E-state index contributed by atoms with van der Waals surface area (Å²) in [6, 6.07) is 8.46. The van der Waals surface area contributed by atoms with E-state index in [0.29, 0.717) is 12.3 Å². The summed E-state index contributed by atoms with van der Waals surface area (Å²) in [4.78, 5) is 24.4. The van der Waals surface area contributed by atoms with Crippen molar-refractivity contribution in [2.75, 3.05) is 5.88 Å². The van der Waals surface area contributed by atoms with Crippen molar-refractivity contribution in [3.63, 3.8) is 0 Å². The molecule has 1 aromatic carbocycles. The third-order valence-electron chi connectivity index (χ3n) is 3.27. The first-order valence-electron chi connectivity index (χ1n) is 8.13. The van der Waals surface area contributed by atoms with Gasteiger partial charge in [0.25, 0.3) is 0 Å². The summed E-state index contributed by atoms with van der Waals surface area (Å²) in [6.45, 7) is 9.08. The van der Waals surface area contributed by atoms with Crippen molar-refractivity contribution >= 4 is 23.7 Å². The molecule has 138 valence electrons. The minimum atomic E-state index is -0.861. The predicted octanol–water partition coefficient (Wildman–Crippen LogP) is 4.05. The average molecular weight is 368 g/mol. The first-order chi connectivity index (χ1) is 11.7. The summed E-state index contributed by atoms with van der Waals surface area (Å²) in [5, 5.41) is 2.57. The smallest absolute Gasteiger partial charge is 0.408 e. The highest BCUT2D eigenvalue weighted by molar-refractivity contribution is 6.18. The fraction of sp³-hybridized carbons (Fsp3) is 0.474. The Morgan fingerprint density at radius 3 is 2.44 bits per heavy atom. The van der Waals surface area contributed by atoms with Crippen LogP contribution >= 0.6 is 11.6 Å². The van der Waals surface area contributed by atoms with Gasteiger partial charge in [-0.25, -0.2) is 9.59 Å². The van der Waals surface area contributed by atoms with Gasteiger partial charge in [-0.2, -0.15) is 0 Å². The van der Waals surface area contributed by atoms with Gasteiger partial charge in [-0.1, -0.05) is 36.4 Å². The van der Waals surface area contributed by atoms with Crippen molar-refractivity contribution in [3.8, 4) is 0 Å². The summed E-state index contributed by atoms with van der Waals surface area (Å²) in [5.41, 5.74) is 0.205. The van der Waals surface area contributed by atoms with Crippen LogP contribution in [0.25, 0.3) is 0 Å². The average Bonchev–Trinajstić information content (AvgIpc) is 2.55. The third kappa shape index (κ3) is 8.59. The van der Waals surface area contributed by atoms with E-state index in [-0.39, 0.29) is 12.5 Å². The van der Waals surface area contributed by atoms with E-state index in [9.17, 15) is 9.59 Å². The van der Waals surface area contributed by atoms with Crippen LogP contribution in [0.1, 0.15) is 32.8 Å². The van der Waals surface area contributed by atoms with Crippen LogP contribution in [0, 0.1) is 5.92 Å². The molecular weight excluding hydrogens is 342 g/mol. The van der Waals surface area contributed by atoms with Gasteiger partial charge < -0.3 is 14.8 Å². The number of alkyl carbamates (subject to hydrolysis) is 1. The number of rotatable bonds is 8. The van der Waals surface area contributed by atoms with Crippen molar-refractivity contribution in [2.24, 2.45) is 5.92 Å². The number of ether oxygens (including phenoxy) is 2. The Bertz CT molecular complexity index is 569. The summed E-state index contributed by atoms with van der Waals surface area (Å²) in [6.07, 6.45) is 1.27. The molecule has 0 aliphatic rings. The van der Waals surface area contributed by atoms with Gasteiger partial charge in [0.05, 0.1) is 0 Å². The second-order valence-electron chi connectivity index (χ2n) is 6.68. The molecule has 1 N–H and O–H groups in total. The van der Waals surface area contributed by atoms with Crippen molar-refractivity contribution in [1.29, 1.82) is 0 Å². The Balaban J connectivity index is 2.72. The third-order valence-corrected chi connectivity index (χ3v) is 3.67. The van der Waals surface area contributed by atoms with E-state index in [1.807, 2.05) is 30.3 Å². The van der Waals surface area contributed by atoms with Crippen LogP contribution in [0.15, 0.2) is 43.0 Å². The van der Waals surface area contributed by atoms with Gasteiger partial charge in [0.2, 0.25) is 0 Å². The molecule has 1 aromatic rings. The molecule has 0 saturated heterocycles. The molecular formula is C19H26ClNO4. The van der Waals surface area contributed by atoms with Crippen molar-refractivity contribution in [1.82, 2.24) is 5.32 Å². The topological polar surface area (TPSA) is 64.6 Å². The van der Waals surface area contributed by atoms with E-state index in [1.165, 1.54) is 0 Å². The number of esters is 1. The molecule has 0 heterocycles. The zero-order valence-electron chi connectivity index (χ0n) is 15.0. The number of hydrogen-bond acceptors (Lipinski definition) is 4. The van der Waals surface area contributed by atoms with Crippen LogP contribution in [-0.4, -0.2) is 29.6 Å². The molecule has 0 unspecified atom stereocenters. The summed E-state index contributed by atoms with van der Waals surface area (Å²) < 4.78 is 10.5. The Morgan fingerprint density at radius 1 is 1.28 bits per heavy atom. The van der Waals surface area contributed by atoms with E-state index in [0.717, 1.165) is 5.56 Å². The van der Waals surface area contributed by atoms with E-state index in [4.69, 9.17) is 21.1 Å². The highest BCUT2D eigenvalue weighted by atomic mass is 35.5. The molecule has 25 heavy (non-hydrogen) atoms. The molecule has 6 heteroatoms. The summed E-state index contributed by atoms with van der Waals surface area (Å²) in [5.74, 6) is -0.375. The maximum absolute atomic E-state index is 12.4.